The van der Waals surface area contributed by atoms with Gasteiger partial charge >= 0.3 is 0 Å². The van der Waals surface area contributed by atoms with Gasteiger partial charge in [-0.3, -0.25) is 0 Å². The van der Waals surface area contributed by atoms with Gasteiger partial charge in [-0.1, -0.05) is 0 Å². The maximum atomic E-state index is 13.6. The second-order valence-electron chi connectivity index (χ2n) is 3.26. The smallest absolute Gasteiger partial charge is 0.165 e. The van der Waals surface area contributed by atoms with Crippen molar-refractivity contribution in [1.29, 1.82) is 0 Å². The van der Waals surface area contributed by atoms with Gasteiger partial charge in [0.25, 0.3) is 0 Å². The lowest BCUT2D eigenvalue weighted by molar-refractivity contribution is 0.383. The summed E-state index contributed by atoms with van der Waals surface area (Å²) in [6, 6.07) is 2.13. The van der Waals surface area contributed by atoms with Crippen LogP contribution in [0.4, 0.5) is 8.78 Å². The second-order valence-corrected chi connectivity index (χ2v) is 4.12. The Morgan fingerprint density at radius 1 is 1.25 bits per heavy atom. The minimum Gasteiger partial charge on any atom is -0.494 e. The molecule has 0 fully saturated rings. The fourth-order valence-electron chi connectivity index (χ4n) is 1.33. The number of nitrogens with zero attached hydrogens (tertiary/aromatic N) is 1. The first-order chi connectivity index (χ1) is 7.61. The molecule has 84 valence electrons. The zero-order valence-corrected chi connectivity index (χ0v) is 9.57. The van der Waals surface area contributed by atoms with Crippen molar-refractivity contribution in [3.63, 3.8) is 0 Å². The van der Waals surface area contributed by atoms with E-state index < -0.39 is 11.6 Å². The molecule has 0 saturated carbocycles. The second kappa shape index (κ2) is 4.17. The predicted molar refractivity (Wildman–Crippen MR) is 58.8 cm³/mol. The highest BCUT2D eigenvalue weighted by Gasteiger charge is 2.14. The van der Waals surface area contributed by atoms with Crippen molar-refractivity contribution >= 4 is 11.3 Å². The Labute approximate surface area is 95.5 Å². The van der Waals surface area contributed by atoms with E-state index in [-0.39, 0.29) is 11.3 Å². The quantitative estimate of drug-likeness (QED) is 0.803. The van der Waals surface area contributed by atoms with Crippen LogP contribution >= 0.6 is 11.3 Å². The van der Waals surface area contributed by atoms with Crippen LogP contribution in [0.15, 0.2) is 17.5 Å². The number of halogens is 2. The number of aromatic nitrogens is 1. The standard InChI is InChI=1S/C11H9F2NOS/c1-6-5-16-11(14-6)7-3-9(13)10(15-2)4-8(7)12/h3-5H,1-2H3. The lowest BCUT2D eigenvalue weighted by atomic mass is 10.2. The number of benzene rings is 1. The molecule has 1 aromatic carbocycles. The van der Waals surface area contributed by atoms with Crippen molar-refractivity contribution in [2.24, 2.45) is 0 Å². The number of thiazole rings is 1. The lowest BCUT2D eigenvalue weighted by Crippen LogP contribution is -1.92. The predicted octanol–water partition coefficient (Wildman–Crippen LogP) is 3.41. The summed E-state index contributed by atoms with van der Waals surface area (Å²) >= 11 is 1.28. The largest absolute Gasteiger partial charge is 0.494 e. The van der Waals surface area contributed by atoms with Crippen LogP contribution in [0.5, 0.6) is 5.75 Å². The van der Waals surface area contributed by atoms with Gasteiger partial charge in [0.15, 0.2) is 11.6 Å². The molecular weight excluding hydrogens is 232 g/mol. The maximum absolute atomic E-state index is 13.6. The van der Waals surface area contributed by atoms with E-state index in [0.717, 1.165) is 17.8 Å². The topological polar surface area (TPSA) is 22.1 Å². The average molecular weight is 241 g/mol. The Bertz CT molecular complexity index is 525. The van der Waals surface area contributed by atoms with Crippen molar-refractivity contribution < 1.29 is 13.5 Å². The van der Waals surface area contributed by atoms with Gasteiger partial charge in [-0.15, -0.1) is 11.3 Å². The van der Waals surface area contributed by atoms with Gasteiger partial charge < -0.3 is 4.74 Å². The van der Waals surface area contributed by atoms with E-state index in [1.165, 1.54) is 18.4 Å². The average Bonchev–Trinajstić information content (AvgIpc) is 2.67. The number of aryl methyl sites for hydroxylation is 1. The highest BCUT2D eigenvalue weighted by Crippen LogP contribution is 2.30. The van der Waals surface area contributed by atoms with Crippen LogP contribution in [0.1, 0.15) is 5.69 Å². The molecule has 2 aromatic rings. The fourth-order valence-corrected chi connectivity index (χ4v) is 2.14. The molecule has 0 aliphatic heterocycles. The maximum Gasteiger partial charge on any atom is 0.165 e. The fraction of sp³-hybridized carbons (Fsp3) is 0.182. The third-order valence-corrected chi connectivity index (χ3v) is 3.08. The minimum absolute atomic E-state index is 0.102. The van der Waals surface area contributed by atoms with Crippen molar-refractivity contribution in [1.82, 2.24) is 4.98 Å². The molecule has 0 atom stereocenters. The van der Waals surface area contributed by atoms with E-state index in [4.69, 9.17) is 0 Å². The summed E-state index contributed by atoms with van der Waals surface area (Å²) in [7, 11) is 1.30. The summed E-state index contributed by atoms with van der Waals surface area (Å²) in [4.78, 5) is 4.11. The first kappa shape index (κ1) is 11.0. The van der Waals surface area contributed by atoms with Crippen LogP contribution in [0.25, 0.3) is 10.6 Å². The zero-order chi connectivity index (χ0) is 11.7. The summed E-state index contributed by atoms with van der Waals surface area (Å²) < 4.78 is 31.7. The SMILES string of the molecule is COc1cc(F)c(-c2nc(C)cs2)cc1F. The number of hydrogen-bond acceptors (Lipinski definition) is 3. The minimum atomic E-state index is -0.591. The molecule has 0 bridgehead atoms. The summed E-state index contributed by atoms with van der Waals surface area (Å²) in [5.41, 5.74) is 0.951. The monoisotopic (exact) mass is 241 g/mol. The zero-order valence-electron chi connectivity index (χ0n) is 8.75. The highest BCUT2D eigenvalue weighted by atomic mass is 32.1. The molecule has 0 amide bonds. The van der Waals surface area contributed by atoms with Crippen LogP contribution in [-0.2, 0) is 0 Å². The molecule has 5 heteroatoms. The molecule has 0 unspecified atom stereocenters. The molecule has 1 aromatic heterocycles. The van der Waals surface area contributed by atoms with E-state index in [2.05, 4.69) is 9.72 Å². The van der Waals surface area contributed by atoms with E-state index in [1.807, 2.05) is 0 Å². The summed E-state index contributed by atoms with van der Waals surface area (Å²) in [5.74, 6) is -1.23. The number of hydrogen-bond donors (Lipinski definition) is 0. The summed E-state index contributed by atoms with van der Waals surface area (Å²) in [6.07, 6.45) is 0. The van der Waals surface area contributed by atoms with Gasteiger partial charge in [0.2, 0.25) is 0 Å². The Morgan fingerprint density at radius 2 is 2.00 bits per heavy atom. The third-order valence-electron chi connectivity index (χ3n) is 2.09. The summed E-state index contributed by atoms with van der Waals surface area (Å²) in [6.45, 7) is 1.80. The molecule has 0 aliphatic rings. The van der Waals surface area contributed by atoms with Crippen molar-refractivity contribution in [3.8, 4) is 16.3 Å². The van der Waals surface area contributed by atoms with E-state index in [9.17, 15) is 8.78 Å². The van der Waals surface area contributed by atoms with E-state index >= 15 is 0 Å². The van der Waals surface area contributed by atoms with E-state index in [1.54, 1.807) is 12.3 Å². The van der Waals surface area contributed by atoms with Crippen molar-refractivity contribution in [2.75, 3.05) is 7.11 Å². The third kappa shape index (κ3) is 1.90. The van der Waals surface area contributed by atoms with Crippen LogP contribution in [0, 0.1) is 18.6 Å². The van der Waals surface area contributed by atoms with Gasteiger partial charge in [-0.25, -0.2) is 13.8 Å². The normalized spacial score (nSPS) is 10.5. The Kier molecular flexibility index (Phi) is 2.87. The Morgan fingerprint density at radius 3 is 2.56 bits per heavy atom. The van der Waals surface area contributed by atoms with Crippen molar-refractivity contribution in [3.05, 3.63) is 34.8 Å². The molecule has 1 heterocycles. The molecule has 16 heavy (non-hydrogen) atoms. The molecule has 0 spiro atoms. The number of ether oxygens (including phenoxy) is 1. The Balaban J connectivity index is 2.54. The van der Waals surface area contributed by atoms with Gasteiger partial charge in [-0.2, -0.15) is 0 Å². The molecule has 0 N–H and O–H groups in total. The van der Waals surface area contributed by atoms with Crippen molar-refractivity contribution in [2.45, 2.75) is 6.92 Å². The number of rotatable bonds is 2. The van der Waals surface area contributed by atoms with Crippen LogP contribution < -0.4 is 4.74 Å². The number of methoxy groups -OCH3 is 1. The van der Waals surface area contributed by atoms with E-state index in [0.29, 0.717) is 5.01 Å². The van der Waals surface area contributed by atoms with Crippen LogP contribution in [0.2, 0.25) is 0 Å². The molecule has 2 rings (SSSR count). The molecule has 0 radical (unpaired) electrons. The molecular formula is C11H9F2NOS. The lowest BCUT2D eigenvalue weighted by Gasteiger charge is -2.04. The molecule has 0 saturated heterocycles. The highest BCUT2D eigenvalue weighted by molar-refractivity contribution is 7.13. The van der Waals surface area contributed by atoms with Crippen LogP contribution in [0.3, 0.4) is 0 Å². The first-order valence-electron chi connectivity index (χ1n) is 4.57. The summed E-state index contributed by atoms with van der Waals surface area (Å²) in [5, 5.41) is 2.26. The van der Waals surface area contributed by atoms with Gasteiger partial charge in [-0.05, 0) is 13.0 Å². The molecule has 0 aliphatic carbocycles. The molecule has 2 nitrogen and oxygen atoms in total. The van der Waals surface area contributed by atoms with Gasteiger partial charge in [0.05, 0.1) is 7.11 Å². The van der Waals surface area contributed by atoms with Gasteiger partial charge in [0.1, 0.15) is 10.8 Å². The van der Waals surface area contributed by atoms with Gasteiger partial charge in [0, 0.05) is 22.7 Å². The van der Waals surface area contributed by atoms with Crippen LogP contribution in [-0.4, -0.2) is 12.1 Å². The Hall–Kier alpha value is -1.49. The first-order valence-corrected chi connectivity index (χ1v) is 5.45.